The Kier molecular flexibility index (Phi) is 11.0. The van der Waals surface area contributed by atoms with Crippen LogP contribution in [0, 0.1) is 20.8 Å². The molecule has 156 valence electrons. The first-order valence-electron chi connectivity index (χ1n) is 9.79. The maximum atomic E-state index is 5.75. The largest absolute Gasteiger partial charge is 0.494 e. The monoisotopic (exact) mass is 499 g/mol. The summed E-state index contributed by atoms with van der Waals surface area (Å²) >= 11 is 0. The topological polar surface area (TPSA) is 63.5 Å². The highest BCUT2D eigenvalue weighted by Gasteiger charge is 2.05. The number of nitrogens with zero attached hydrogens (tertiary/aromatic N) is 3. The number of rotatable bonds is 9. The van der Waals surface area contributed by atoms with E-state index >= 15 is 0 Å². The van der Waals surface area contributed by atoms with Gasteiger partial charge in [-0.1, -0.05) is 12.1 Å². The Morgan fingerprint density at radius 3 is 2.57 bits per heavy atom. The fourth-order valence-corrected chi connectivity index (χ4v) is 2.93. The van der Waals surface area contributed by atoms with Gasteiger partial charge >= 0.3 is 0 Å². The number of aromatic nitrogens is 2. The van der Waals surface area contributed by atoms with Crippen molar-refractivity contribution in [2.24, 2.45) is 4.99 Å². The highest BCUT2D eigenvalue weighted by molar-refractivity contribution is 14.0. The van der Waals surface area contributed by atoms with Crippen molar-refractivity contribution in [3.8, 4) is 5.75 Å². The van der Waals surface area contributed by atoms with E-state index in [0.717, 1.165) is 49.0 Å². The molecule has 6 nitrogen and oxygen atoms in total. The first kappa shape index (κ1) is 24.3. The Morgan fingerprint density at radius 2 is 1.93 bits per heavy atom. The summed E-state index contributed by atoms with van der Waals surface area (Å²) in [7, 11) is 0. The van der Waals surface area contributed by atoms with Crippen molar-refractivity contribution in [3.63, 3.8) is 0 Å². The van der Waals surface area contributed by atoms with E-state index in [9.17, 15) is 0 Å². The molecule has 7 heteroatoms. The maximum Gasteiger partial charge on any atom is 0.191 e. The lowest BCUT2D eigenvalue weighted by Crippen LogP contribution is -2.38. The average molecular weight is 499 g/mol. The third-order valence-electron chi connectivity index (χ3n) is 4.22. The first-order valence-corrected chi connectivity index (χ1v) is 9.79. The van der Waals surface area contributed by atoms with Crippen LogP contribution in [0.1, 0.15) is 42.8 Å². The molecule has 2 rings (SSSR count). The van der Waals surface area contributed by atoms with Crippen LogP contribution in [0.5, 0.6) is 5.75 Å². The third kappa shape index (κ3) is 7.69. The van der Waals surface area contributed by atoms with Crippen LogP contribution in [0.15, 0.2) is 29.3 Å². The van der Waals surface area contributed by atoms with Gasteiger partial charge in [-0.05, 0) is 58.7 Å². The molecule has 0 fully saturated rings. The summed E-state index contributed by atoms with van der Waals surface area (Å²) in [6.45, 7) is 14.1. The molecular formula is C21H34IN5O. The number of guanidine groups is 1. The molecule has 2 N–H and O–H groups in total. The molecule has 0 amide bonds. The fraction of sp³-hybridized carbons (Fsp3) is 0.524. The number of aryl methyl sites for hydroxylation is 4. The van der Waals surface area contributed by atoms with Gasteiger partial charge in [0.15, 0.2) is 5.96 Å². The smallest absolute Gasteiger partial charge is 0.191 e. The predicted molar refractivity (Wildman–Crippen MR) is 127 cm³/mol. The van der Waals surface area contributed by atoms with Crippen LogP contribution in [-0.2, 0) is 13.1 Å². The van der Waals surface area contributed by atoms with E-state index in [4.69, 9.17) is 9.73 Å². The fourth-order valence-electron chi connectivity index (χ4n) is 2.93. The molecule has 0 spiro atoms. The van der Waals surface area contributed by atoms with Crippen LogP contribution >= 0.6 is 24.0 Å². The maximum absolute atomic E-state index is 5.75. The number of nitrogens with one attached hydrogen (secondary N) is 2. The van der Waals surface area contributed by atoms with Crippen molar-refractivity contribution in [2.45, 2.75) is 54.1 Å². The summed E-state index contributed by atoms with van der Waals surface area (Å²) in [5, 5.41) is 11.2. The second kappa shape index (κ2) is 12.6. The zero-order chi connectivity index (χ0) is 19.6. The first-order chi connectivity index (χ1) is 13.0. The number of aliphatic imine (C=N–C) groups is 1. The van der Waals surface area contributed by atoms with E-state index in [0.29, 0.717) is 13.2 Å². The van der Waals surface area contributed by atoms with Gasteiger partial charge in [-0.15, -0.1) is 24.0 Å². The second-order valence-electron chi connectivity index (χ2n) is 6.67. The number of halogens is 1. The Balaban J connectivity index is 0.00000392. The highest BCUT2D eigenvalue weighted by Crippen LogP contribution is 2.21. The normalized spacial score (nSPS) is 11.1. The van der Waals surface area contributed by atoms with Crippen LogP contribution in [0.2, 0.25) is 0 Å². The van der Waals surface area contributed by atoms with Crippen molar-refractivity contribution in [1.82, 2.24) is 20.4 Å². The lowest BCUT2D eigenvalue weighted by molar-refractivity contribution is 0.336. The minimum absolute atomic E-state index is 0. The van der Waals surface area contributed by atoms with Gasteiger partial charge in [0.1, 0.15) is 5.75 Å². The molecule has 0 bridgehead atoms. The minimum atomic E-state index is 0. The van der Waals surface area contributed by atoms with E-state index in [1.807, 2.05) is 13.8 Å². The number of ether oxygens (including phenoxy) is 1. The van der Waals surface area contributed by atoms with Crippen LogP contribution in [0.4, 0.5) is 0 Å². The summed E-state index contributed by atoms with van der Waals surface area (Å²) in [6, 6.07) is 8.37. The molecule has 0 radical (unpaired) electrons. The third-order valence-corrected chi connectivity index (χ3v) is 4.22. The van der Waals surface area contributed by atoms with Crippen molar-refractivity contribution in [1.29, 1.82) is 0 Å². The van der Waals surface area contributed by atoms with Crippen molar-refractivity contribution in [2.75, 3.05) is 19.7 Å². The average Bonchev–Trinajstić information content (AvgIpc) is 2.95. The molecule has 0 aliphatic heterocycles. The van der Waals surface area contributed by atoms with E-state index in [1.54, 1.807) is 0 Å². The molecule has 0 unspecified atom stereocenters. The summed E-state index contributed by atoms with van der Waals surface area (Å²) in [5.41, 5.74) is 4.57. The zero-order valence-corrected chi connectivity index (χ0v) is 20.0. The van der Waals surface area contributed by atoms with Gasteiger partial charge < -0.3 is 15.4 Å². The quantitative estimate of drug-likeness (QED) is 0.237. The van der Waals surface area contributed by atoms with E-state index in [-0.39, 0.29) is 24.0 Å². The molecule has 28 heavy (non-hydrogen) atoms. The predicted octanol–water partition coefficient (Wildman–Crippen LogP) is 3.97. The van der Waals surface area contributed by atoms with Gasteiger partial charge in [-0.25, -0.2) is 4.99 Å². The Labute approximate surface area is 186 Å². The molecule has 0 saturated carbocycles. The highest BCUT2D eigenvalue weighted by atomic mass is 127. The van der Waals surface area contributed by atoms with Crippen molar-refractivity contribution >= 4 is 29.9 Å². The van der Waals surface area contributed by atoms with Gasteiger partial charge in [0, 0.05) is 30.9 Å². The Morgan fingerprint density at radius 1 is 1.14 bits per heavy atom. The van der Waals surface area contributed by atoms with Crippen molar-refractivity contribution in [3.05, 3.63) is 46.8 Å². The Hall–Kier alpha value is -1.77. The zero-order valence-electron chi connectivity index (χ0n) is 17.7. The second-order valence-corrected chi connectivity index (χ2v) is 6.67. The summed E-state index contributed by atoms with van der Waals surface area (Å²) in [6.07, 6.45) is 0.987. The summed E-state index contributed by atoms with van der Waals surface area (Å²) in [4.78, 5) is 4.71. The number of benzene rings is 1. The van der Waals surface area contributed by atoms with Gasteiger partial charge in [-0.3, -0.25) is 4.68 Å². The summed E-state index contributed by atoms with van der Waals surface area (Å²) < 4.78 is 7.81. The van der Waals surface area contributed by atoms with Gasteiger partial charge in [0.2, 0.25) is 0 Å². The molecule has 1 heterocycles. The minimum Gasteiger partial charge on any atom is -0.494 e. The molecule has 1 aromatic heterocycles. The van der Waals surface area contributed by atoms with Crippen LogP contribution in [0.25, 0.3) is 0 Å². The molecule has 1 aromatic carbocycles. The Bertz CT molecular complexity index is 757. The van der Waals surface area contributed by atoms with Gasteiger partial charge in [0.25, 0.3) is 0 Å². The van der Waals surface area contributed by atoms with Crippen LogP contribution in [-0.4, -0.2) is 35.4 Å². The number of hydrogen-bond donors (Lipinski definition) is 2. The van der Waals surface area contributed by atoms with Crippen LogP contribution < -0.4 is 15.4 Å². The lowest BCUT2D eigenvalue weighted by atomic mass is 10.1. The molecule has 0 atom stereocenters. The standard InChI is InChI=1S/C21H33N5O.HI/c1-6-22-21(23-11-8-12-26-18(5)14-17(4)25-26)24-15-19-10-9-16(3)13-20(19)27-7-2;/h9-10,13-14H,6-8,11-12,15H2,1-5H3,(H2,22,23,24);1H. The molecule has 0 aliphatic carbocycles. The SMILES string of the molecule is CCNC(=NCc1ccc(C)cc1OCC)NCCCn1nc(C)cc1C.I. The molecule has 0 aliphatic rings. The van der Waals surface area contributed by atoms with Gasteiger partial charge in [0.05, 0.1) is 18.8 Å². The van der Waals surface area contributed by atoms with Crippen molar-refractivity contribution < 1.29 is 4.74 Å². The van der Waals surface area contributed by atoms with Gasteiger partial charge in [-0.2, -0.15) is 5.10 Å². The van der Waals surface area contributed by atoms with E-state index in [2.05, 4.69) is 65.5 Å². The van der Waals surface area contributed by atoms with Crippen LogP contribution in [0.3, 0.4) is 0 Å². The van der Waals surface area contributed by atoms with E-state index < -0.39 is 0 Å². The molecular weight excluding hydrogens is 465 g/mol. The number of hydrogen-bond acceptors (Lipinski definition) is 3. The summed E-state index contributed by atoms with van der Waals surface area (Å²) in [5.74, 6) is 1.75. The molecule has 2 aromatic rings. The lowest BCUT2D eigenvalue weighted by Gasteiger charge is -2.13. The molecule has 0 saturated heterocycles. The van der Waals surface area contributed by atoms with E-state index in [1.165, 1.54) is 11.3 Å².